The minimum absolute atomic E-state index is 0.0321. The van der Waals surface area contributed by atoms with E-state index >= 15 is 0 Å². The van der Waals surface area contributed by atoms with E-state index in [1.54, 1.807) is 41.4 Å². The summed E-state index contributed by atoms with van der Waals surface area (Å²) in [4.78, 5) is 29.6. The van der Waals surface area contributed by atoms with E-state index in [9.17, 15) is 19.8 Å². The fourth-order valence-electron chi connectivity index (χ4n) is 8.47. The fourth-order valence-corrected chi connectivity index (χ4v) is 8.47. The molecule has 1 aliphatic heterocycles. The predicted octanol–water partition coefficient (Wildman–Crippen LogP) is 6.80. The molecule has 0 aliphatic carbocycles. The lowest BCUT2D eigenvalue weighted by molar-refractivity contribution is -0.247. The van der Waals surface area contributed by atoms with Crippen molar-refractivity contribution in [2.45, 2.75) is 123 Å². The minimum Gasteiger partial charge on any atom is -0.462 e. The van der Waals surface area contributed by atoms with Gasteiger partial charge in [-0.25, -0.2) is 0 Å². The van der Waals surface area contributed by atoms with Crippen molar-refractivity contribution in [1.82, 2.24) is 34.9 Å². The second kappa shape index (κ2) is 23.5. The van der Waals surface area contributed by atoms with Crippen LogP contribution in [0.5, 0.6) is 0 Å². The topological polar surface area (TPSA) is 167 Å². The van der Waals surface area contributed by atoms with Gasteiger partial charge in [-0.1, -0.05) is 110 Å². The van der Waals surface area contributed by atoms with Gasteiger partial charge in [0.05, 0.1) is 37.2 Å². The number of aryl methyl sites for hydroxylation is 1. The van der Waals surface area contributed by atoms with E-state index < -0.39 is 42.7 Å². The molecule has 336 valence electrons. The van der Waals surface area contributed by atoms with Crippen LogP contribution in [-0.2, 0) is 36.9 Å². The number of esters is 1. The molecule has 0 spiro atoms. The van der Waals surface area contributed by atoms with Crippen molar-refractivity contribution in [1.29, 1.82) is 0 Å². The van der Waals surface area contributed by atoms with Crippen molar-refractivity contribution in [3.05, 3.63) is 96.9 Å². The van der Waals surface area contributed by atoms with Gasteiger partial charge in [-0.3, -0.25) is 19.0 Å². The summed E-state index contributed by atoms with van der Waals surface area (Å²) in [5, 5.41) is 40.2. The van der Waals surface area contributed by atoms with Gasteiger partial charge >= 0.3 is 5.97 Å². The molecule has 0 bridgehead atoms. The average molecular weight is 854 g/mol. The lowest BCUT2D eigenvalue weighted by atomic mass is 9.80. The van der Waals surface area contributed by atoms with E-state index in [0.29, 0.717) is 38.8 Å². The van der Waals surface area contributed by atoms with Crippen molar-refractivity contribution in [3.8, 4) is 22.5 Å². The largest absolute Gasteiger partial charge is 0.462 e. The van der Waals surface area contributed by atoms with Gasteiger partial charge in [-0.15, -0.1) is 10.2 Å². The molecule has 2 aromatic carbocycles. The number of aliphatic hydroxyl groups is 2. The second-order valence-electron chi connectivity index (χ2n) is 17.0. The molecule has 14 heteroatoms. The maximum atomic E-state index is 14.0. The first-order valence-electron chi connectivity index (χ1n) is 22.1. The van der Waals surface area contributed by atoms with Crippen LogP contribution in [-0.4, -0.2) is 114 Å². The van der Waals surface area contributed by atoms with Crippen LogP contribution >= 0.6 is 0 Å². The smallest absolute Gasteiger partial charge is 0.306 e. The van der Waals surface area contributed by atoms with E-state index in [4.69, 9.17) is 14.2 Å². The van der Waals surface area contributed by atoms with Crippen LogP contribution in [0.2, 0.25) is 0 Å². The second-order valence-corrected chi connectivity index (χ2v) is 17.0. The SMILES string of the molecule is CCO[C@@H](O[C@H]1[C@@H](CCn2cc(-c3ccccc3)nn2)C[C@@H](C)C(=O)/C=C/C(C)=C/[C@H](Cn2cc(-c3ccccc3)nn2)[C@@H](CC)OC(=O)CC[C@@H]1C)C(O)C([C@@H](C)O)N(C)C. The first-order valence-corrected chi connectivity index (χ1v) is 22.1. The summed E-state index contributed by atoms with van der Waals surface area (Å²) in [6.07, 6.45) is 7.10. The van der Waals surface area contributed by atoms with E-state index in [1.807, 2.05) is 114 Å². The van der Waals surface area contributed by atoms with Gasteiger partial charge in [-0.2, -0.15) is 0 Å². The average Bonchev–Trinajstić information content (AvgIpc) is 3.94. The van der Waals surface area contributed by atoms with Gasteiger partial charge in [0.1, 0.15) is 23.6 Å². The summed E-state index contributed by atoms with van der Waals surface area (Å²) < 4.78 is 22.9. The standard InChI is InChI=1S/C48H67N7O7/c1-9-43-39(29-55-31-41(50-52-55)37-19-15-12-16-20-37)27-32(3)21-23-42(57)34(5)28-38(25-26-54-30-40(49-51-54)36-17-13-11-14-18-36)47(33(4)22-24-44(58)61-43)62-48(60-10-2)46(59)45(35(6)56)53(7)8/h11-21,23,27,30-31,33-35,38-39,43,45-48,56,59H,9-10,22,24-26,28-29H2,1-8H3/b23-21+,32-27+/t33-,34+,35+,38-,39+,43+,45?,46?,47+,48-/m0/s1. The number of ketones is 1. The molecule has 10 atom stereocenters. The molecule has 1 aliphatic rings. The molecule has 14 nitrogen and oxygen atoms in total. The summed E-state index contributed by atoms with van der Waals surface area (Å²) >= 11 is 0. The van der Waals surface area contributed by atoms with Crippen LogP contribution in [0.4, 0.5) is 0 Å². The molecular weight excluding hydrogens is 787 g/mol. The van der Waals surface area contributed by atoms with E-state index in [-0.39, 0.29) is 42.5 Å². The highest BCUT2D eigenvalue weighted by atomic mass is 16.7. The van der Waals surface area contributed by atoms with Gasteiger partial charge in [0.2, 0.25) is 0 Å². The van der Waals surface area contributed by atoms with Crippen LogP contribution in [0.3, 0.4) is 0 Å². The molecule has 0 amide bonds. The number of rotatable bonds is 16. The number of cyclic esters (lactones) is 1. The number of hydrogen-bond donors (Lipinski definition) is 2. The van der Waals surface area contributed by atoms with E-state index in [1.165, 1.54) is 0 Å². The zero-order valence-electron chi connectivity index (χ0n) is 37.7. The third kappa shape index (κ3) is 13.6. The predicted molar refractivity (Wildman–Crippen MR) is 238 cm³/mol. The molecule has 0 fully saturated rings. The van der Waals surface area contributed by atoms with E-state index in [2.05, 4.69) is 26.7 Å². The van der Waals surface area contributed by atoms with Gasteiger partial charge in [0.25, 0.3) is 0 Å². The molecule has 2 unspecified atom stereocenters. The monoisotopic (exact) mass is 854 g/mol. The van der Waals surface area contributed by atoms with Crippen molar-refractivity contribution < 1.29 is 34.0 Å². The Morgan fingerprint density at radius 1 is 0.903 bits per heavy atom. The molecule has 2 aromatic heterocycles. The molecule has 62 heavy (non-hydrogen) atoms. The first-order chi connectivity index (χ1) is 29.8. The quantitative estimate of drug-likeness (QED) is 0.0896. The van der Waals surface area contributed by atoms with E-state index in [0.717, 1.165) is 28.1 Å². The number of allylic oxidation sites excluding steroid dienone is 3. The lowest BCUT2D eigenvalue weighted by Gasteiger charge is -2.40. The Labute approximate surface area is 366 Å². The highest BCUT2D eigenvalue weighted by Crippen LogP contribution is 2.33. The molecule has 3 heterocycles. The summed E-state index contributed by atoms with van der Waals surface area (Å²) in [7, 11) is 3.57. The van der Waals surface area contributed by atoms with Crippen molar-refractivity contribution in [3.63, 3.8) is 0 Å². The Kier molecular flexibility index (Phi) is 18.3. The molecule has 0 saturated heterocycles. The zero-order valence-corrected chi connectivity index (χ0v) is 37.7. The summed E-state index contributed by atoms with van der Waals surface area (Å²) in [5.74, 6) is -1.53. The Bertz CT molecular complexity index is 2020. The number of hydrogen-bond acceptors (Lipinski definition) is 12. The van der Waals surface area contributed by atoms with Gasteiger partial charge < -0.3 is 29.3 Å². The van der Waals surface area contributed by atoms with Crippen molar-refractivity contribution in [2.24, 2.45) is 23.7 Å². The Balaban J connectivity index is 1.47. The molecular formula is C48H67N7O7. The Morgan fingerprint density at radius 3 is 2.10 bits per heavy atom. The third-order valence-electron chi connectivity index (χ3n) is 11.8. The highest BCUT2D eigenvalue weighted by Gasteiger charge is 2.39. The normalized spacial score (nSPS) is 25.4. The van der Waals surface area contributed by atoms with Crippen LogP contribution in [0, 0.1) is 23.7 Å². The Morgan fingerprint density at radius 2 is 1.52 bits per heavy atom. The van der Waals surface area contributed by atoms with Crippen molar-refractivity contribution >= 4 is 11.8 Å². The molecule has 0 radical (unpaired) electrons. The number of carbonyl (C=O) groups is 2. The summed E-state index contributed by atoms with van der Waals surface area (Å²) in [6.45, 7) is 12.5. The van der Waals surface area contributed by atoms with Crippen LogP contribution in [0.15, 0.2) is 96.9 Å². The molecule has 2 N–H and O–H groups in total. The minimum atomic E-state index is -1.22. The maximum Gasteiger partial charge on any atom is 0.306 e. The van der Waals surface area contributed by atoms with Crippen LogP contribution < -0.4 is 0 Å². The number of aliphatic hydroxyl groups excluding tert-OH is 2. The fraction of sp³-hybridized carbons (Fsp3) is 0.542. The lowest BCUT2D eigenvalue weighted by Crippen LogP contribution is -2.54. The molecule has 5 rings (SSSR count). The molecule has 0 saturated carbocycles. The number of aromatic nitrogens is 6. The van der Waals surface area contributed by atoms with Gasteiger partial charge in [0, 0.05) is 42.5 Å². The molecule has 4 aromatic rings. The Hall–Kier alpha value is -4.86. The van der Waals surface area contributed by atoms with Gasteiger partial charge in [0.15, 0.2) is 12.1 Å². The number of benzene rings is 2. The highest BCUT2D eigenvalue weighted by molar-refractivity contribution is 5.91. The maximum absolute atomic E-state index is 14.0. The number of carbonyl (C=O) groups excluding carboxylic acids is 2. The number of likely N-dealkylation sites (N-methyl/N-ethyl adjacent to an activating group) is 1. The third-order valence-corrected chi connectivity index (χ3v) is 11.8. The van der Waals surface area contributed by atoms with Crippen LogP contribution in [0.1, 0.15) is 73.6 Å². The van der Waals surface area contributed by atoms with Gasteiger partial charge in [-0.05, 0) is 78.5 Å². The van der Waals surface area contributed by atoms with Crippen LogP contribution in [0.25, 0.3) is 22.5 Å². The number of nitrogens with zero attached hydrogens (tertiary/aromatic N) is 7. The summed E-state index contributed by atoms with van der Waals surface area (Å²) in [6, 6.07) is 19.0. The zero-order chi connectivity index (χ0) is 44.8. The van der Waals surface area contributed by atoms with Crippen molar-refractivity contribution in [2.75, 3.05) is 20.7 Å². The first kappa shape index (κ1) is 48.2. The summed E-state index contributed by atoms with van der Waals surface area (Å²) in [5.41, 5.74) is 4.26. The number of ether oxygens (including phenoxy) is 3.